The van der Waals surface area contributed by atoms with Crippen LogP contribution in [0.5, 0.6) is 11.5 Å². The summed E-state index contributed by atoms with van der Waals surface area (Å²) in [4.78, 5) is 18.2. The van der Waals surface area contributed by atoms with Crippen molar-refractivity contribution in [1.82, 2.24) is 15.5 Å². The van der Waals surface area contributed by atoms with E-state index in [4.69, 9.17) is 4.74 Å². The maximum absolute atomic E-state index is 12.7. The van der Waals surface area contributed by atoms with Gasteiger partial charge in [-0.25, -0.2) is 4.99 Å². The molecule has 0 bridgehead atoms. The third kappa shape index (κ3) is 7.72. The molecule has 0 spiro atoms. The van der Waals surface area contributed by atoms with E-state index in [-0.39, 0.29) is 18.2 Å². The highest BCUT2D eigenvalue weighted by Gasteiger charge is 2.12. The number of carbonyl (C=O) groups excluding carboxylic acids is 1. The van der Waals surface area contributed by atoms with Gasteiger partial charge in [-0.15, -0.1) is 0 Å². The lowest BCUT2D eigenvalue weighted by molar-refractivity contribution is -0.0504. The first-order chi connectivity index (χ1) is 15.3. The molecule has 0 saturated heterocycles. The summed E-state index contributed by atoms with van der Waals surface area (Å²) < 4.78 is 35.2. The summed E-state index contributed by atoms with van der Waals surface area (Å²) in [7, 11) is 4.94. The van der Waals surface area contributed by atoms with Gasteiger partial charge in [-0.3, -0.25) is 4.79 Å². The molecule has 0 fully saturated rings. The van der Waals surface area contributed by atoms with Crippen molar-refractivity contribution in [3.8, 4) is 11.5 Å². The van der Waals surface area contributed by atoms with Crippen LogP contribution in [0, 0.1) is 0 Å². The van der Waals surface area contributed by atoms with Crippen LogP contribution in [0.2, 0.25) is 0 Å². The van der Waals surface area contributed by atoms with Crippen LogP contribution in [0.4, 0.5) is 8.78 Å². The fourth-order valence-electron chi connectivity index (χ4n) is 2.97. The standard InChI is InChI=1S/C23H30F2N4O3/c1-5-26-23(27-12-11-16-7-6-8-17(13-16)21(30)29(2)3)28-15-18-14-19(31-4)9-10-20(18)32-22(24)25/h6-10,13-14,22H,5,11-12,15H2,1-4H3,(H2,26,27,28). The second-order valence-corrected chi connectivity index (χ2v) is 7.12. The lowest BCUT2D eigenvalue weighted by atomic mass is 10.1. The van der Waals surface area contributed by atoms with Gasteiger partial charge in [0.2, 0.25) is 0 Å². The van der Waals surface area contributed by atoms with Gasteiger partial charge in [0.1, 0.15) is 11.5 Å². The molecule has 9 heteroatoms. The summed E-state index contributed by atoms with van der Waals surface area (Å²) >= 11 is 0. The SMILES string of the molecule is CCNC(=NCc1cc(OC)ccc1OC(F)F)NCCc1cccc(C(=O)N(C)C)c1. The summed E-state index contributed by atoms with van der Waals surface area (Å²) in [6, 6.07) is 12.1. The third-order valence-corrected chi connectivity index (χ3v) is 4.52. The third-order valence-electron chi connectivity index (χ3n) is 4.52. The van der Waals surface area contributed by atoms with Gasteiger partial charge < -0.3 is 25.0 Å². The Bertz CT molecular complexity index is 920. The number of benzene rings is 2. The largest absolute Gasteiger partial charge is 0.497 e. The fourth-order valence-corrected chi connectivity index (χ4v) is 2.97. The Labute approximate surface area is 187 Å². The topological polar surface area (TPSA) is 75.2 Å². The highest BCUT2D eigenvalue weighted by Crippen LogP contribution is 2.26. The van der Waals surface area contributed by atoms with Crippen LogP contribution < -0.4 is 20.1 Å². The first-order valence-electron chi connectivity index (χ1n) is 10.3. The first kappa shape index (κ1) is 24.9. The second-order valence-electron chi connectivity index (χ2n) is 7.12. The van der Waals surface area contributed by atoms with Crippen LogP contribution in [0.25, 0.3) is 0 Å². The molecule has 2 aromatic rings. The Hall–Kier alpha value is -3.36. The Morgan fingerprint density at radius 2 is 1.94 bits per heavy atom. The molecule has 0 radical (unpaired) electrons. The fraction of sp³-hybridized carbons (Fsp3) is 0.391. The van der Waals surface area contributed by atoms with Crippen LogP contribution in [0.1, 0.15) is 28.4 Å². The summed E-state index contributed by atoms with van der Waals surface area (Å²) in [6.45, 7) is 0.347. The van der Waals surface area contributed by atoms with Gasteiger partial charge in [0.25, 0.3) is 5.91 Å². The van der Waals surface area contributed by atoms with E-state index in [1.165, 1.54) is 18.1 Å². The van der Waals surface area contributed by atoms with Gasteiger partial charge in [0.15, 0.2) is 5.96 Å². The smallest absolute Gasteiger partial charge is 0.387 e. The number of halogens is 2. The van der Waals surface area contributed by atoms with E-state index in [0.29, 0.717) is 42.3 Å². The van der Waals surface area contributed by atoms with Crippen LogP contribution in [-0.4, -0.2) is 57.7 Å². The minimum atomic E-state index is -2.92. The minimum Gasteiger partial charge on any atom is -0.497 e. The molecule has 2 aromatic carbocycles. The number of nitrogens with one attached hydrogen (secondary N) is 2. The molecule has 0 heterocycles. The van der Waals surface area contributed by atoms with Crippen molar-refractivity contribution in [2.75, 3.05) is 34.3 Å². The molecule has 0 aromatic heterocycles. The molecule has 2 N–H and O–H groups in total. The summed E-state index contributed by atoms with van der Waals surface area (Å²) in [5.41, 5.74) is 2.14. The van der Waals surface area contributed by atoms with Gasteiger partial charge in [-0.1, -0.05) is 12.1 Å². The molecule has 0 aliphatic carbocycles. The monoisotopic (exact) mass is 448 g/mol. The quantitative estimate of drug-likeness (QED) is 0.431. The number of aliphatic imine (C=N–C) groups is 1. The summed E-state index contributed by atoms with van der Waals surface area (Å²) in [6.07, 6.45) is 0.678. The van der Waals surface area contributed by atoms with Crippen molar-refractivity contribution in [2.45, 2.75) is 26.5 Å². The average Bonchev–Trinajstić information content (AvgIpc) is 2.77. The molecule has 1 amide bonds. The lowest BCUT2D eigenvalue weighted by Crippen LogP contribution is -2.38. The zero-order valence-corrected chi connectivity index (χ0v) is 18.8. The van der Waals surface area contributed by atoms with Crippen LogP contribution in [0.3, 0.4) is 0 Å². The number of guanidine groups is 1. The van der Waals surface area contributed by atoms with Gasteiger partial charge >= 0.3 is 6.61 Å². The van der Waals surface area contributed by atoms with Crippen molar-refractivity contribution < 1.29 is 23.0 Å². The molecule has 32 heavy (non-hydrogen) atoms. The van der Waals surface area contributed by atoms with Crippen molar-refractivity contribution >= 4 is 11.9 Å². The lowest BCUT2D eigenvalue weighted by Gasteiger charge is -2.14. The summed E-state index contributed by atoms with van der Waals surface area (Å²) in [5, 5.41) is 6.35. The molecule has 0 atom stereocenters. The van der Waals surface area contributed by atoms with E-state index in [9.17, 15) is 13.6 Å². The maximum Gasteiger partial charge on any atom is 0.387 e. The van der Waals surface area contributed by atoms with E-state index < -0.39 is 6.61 Å². The minimum absolute atomic E-state index is 0.0465. The zero-order chi connectivity index (χ0) is 23.5. The van der Waals surface area contributed by atoms with E-state index in [1.807, 2.05) is 25.1 Å². The number of amides is 1. The van der Waals surface area contributed by atoms with Crippen LogP contribution in [-0.2, 0) is 13.0 Å². The molecule has 174 valence electrons. The van der Waals surface area contributed by atoms with E-state index in [1.54, 1.807) is 32.3 Å². The Kier molecular flexibility index (Phi) is 9.72. The number of methoxy groups -OCH3 is 1. The van der Waals surface area contributed by atoms with Gasteiger partial charge in [-0.05, 0) is 49.2 Å². The number of hydrogen-bond acceptors (Lipinski definition) is 4. The van der Waals surface area contributed by atoms with E-state index >= 15 is 0 Å². The van der Waals surface area contributed by atoms with Crippen LogP contribution in [0.15, 0.2) is 47.5 Å². The van der Waals surface area contributed by atoms with Gasteiger partial charge in [-0.2, -0.15) is 8.78 Å². The Morgan fingerprint density at radius 1 is 1.16 bits per heavy atom. The molecule has 0 aliphatic rings. The van der Waals surface area contributed by atoms with Crippen molar-refractivity contribution in [3.63, 3.8) is 0 Å². The number of ether oxygens (including phenoxy) is 2. The van der Waals surface area contributed by atoms with Crippen molar-refractivity contribution in [1.29, 1.82) is 0 Å². The normalized spacial score (nSPS) is 11.3. The molecule has 0 unspecified atom stereocenters. The molecule has 0 saturated carbocycles. The average molecular weight is 449 g/mol. The molecule has 0 aliphatic heterocycles. The van der Waals surface area contributed by atoms with Crippen molar-refractivity contribution in [3.05, 3.63) is 59.2 Å². The maximum atomic E-state index is 12.7. The van der Waals surface area contributed by atoms with Gasteiger partial charge in [0, 0.05) is 38.3 Å². The predicted molar refractivity (Wildman–Crippen MR) is 121 cm³/mol. The molecular weight excluding hydrogens is 418 g/mol. The number of carbonyl (C=O) groups is 1. The zero-order valence-electron chi connectivity index (χ0n) is 18.8. The molecule has 2 rings (SSSR count). The second kappa shape index (κ2) is 12.5. The first-order valence-corrected chi connectivity index (χ1v) is 10.3. The predicted octanol–water partition coefficient (Wildman–Crippen LogP) is 3.30. The molecule has 7 nitrogen and oxygen atoms in total. The Morgan fingerprint density at radius 3 is 2.59 bits per heavy atom. The highest BCUT2D eigenvalue weighted by molar-refractivity contribution is 5.94. The molecular formula is C23H30F2N4O3. The van der Waals surface area contributed by atoms with Gasteiger partial charge in [0.05, 0.1) is 13.7 Å². The summed E-state index contributed by atoms with van der Waals surface area (Å²) in [5.74, 6) is 1.08. The Balaban J connectivity index is 2.05. The van der Waals surface area contributed by atoms with Crippen molar-refractivity contribution in [2.24, 2.45) is 4.99 Å². The van der Waals surface area contributed by atoms with Crippen LogP contribution >= 0.6 is 0 Å². The number of rotatable bonds is 10. The highest BCUT2D eigenvalue weighted by atomic mass is 19.3. The number of hydrogen-bond donors (Lipinski definition) is 2. The van der Waals surface area contributed by atoms with E-state index in [2.05, 4.69) is 20.4 Å². The number of nitrogens with zero attached hydrogens (tertiary/aromatic N) is 2. The number of alkyl halides is 2. The van der Waals surface area contributed by atoms with E-state index in [0.717, 1.165) is 5.56 Å².